The number of halogens is 1. The molecule has 0 aromatic heterocycles. The predicted octanol–water partition coefficient (Wildman–Crippen LogP) is 2.73. The number of rotatable bonds is 9. The minimum atomic E-state index is -4.13. The number of sulfonamides is 1. The van der Waals surface area contributed by atoms with Crippen molar-refractivity contribution in [3.8, 4) is 11.5 Å². The van der Waals surface area contributed by atoms with Crippen molar-refractivity contribution in [2.24, 2.45) is 0 Å². The summed E-state index contributed by atoms with van der Waals surface area (Å²) in [6, 6.07) is 10.1. The highest BCUT2D eigenvalue weighted by Gasteiger charge is 2.29. The van der Waals surface area contributed by atoms with Crippen molar-refractivity contribution in [1.82, 2.24) is 9.62 Å². The Morgan fingerprint density at radius 3 is 2.34 bits per heavy atom. The van der Waals surface area contributed by atoms with Crippen molar-refractivity contribution in [3.05, 3.63) is 53.8 Å². The summed E-state index contributed by atoms with van der Waals surface area (Å²) < 4.78 is 50.6. The van der Waals surface area contributed by atoms with Crippen LogP contribution in [0.5, 0.6) is 11.5 Å². The van der Waals surface area contributed by atoms with Gasteiger partial charge in [0.05, 0.1) is 26.8 Å². The highest BCUT2D eigenvalue weighted by Crippen LogP contribution is 2.27. The monoisotopic (exact) mass is 424 g/mol. The topological polar surface area (TPSA) is 84.9 Å². The molecule has 2 aromatic rings. The van der Waals surface area contributed by atoms with Crippen LogP contribution in [0.25, 0.3) is 0 Å². The average Bonchev–Trinajstić information content (AvgIpc) is 2.71. The molecule has 0 unspecified atom stereocenters. The van der Waals surface area contributed by atoms with Gasteiger partial charge in [-0.15, -0.1) is 0 Å². The summed E-state index contributed by atoms with van der Waals surface area (Å²) in [5.41, 5.74) is 0.844. The number of carbonyl (C=O) groups excluding carboxylic acids is 1. The molecule has 0 bridgehead atoms. The summed E-state index contributed by atoms with van der Waals surface area (Å²) in [6.45, 7) is 3.02. The summed E-state index contributed by atoms with van der Waals surface area (Å²) in [5, 5.41) is 2.77. The van der Waals surface area contributed by atoms with Crippen molar-refractivity contribution in [1.29, 1.82) is 0 Å². The number of amides is 1. The molecule has 7 nitrogen and oxygen atoms in total. The molecule has 2 rings (SSSR count). The second kappa shape index (κ2) is 9.71. The number of nitrogens with zero attached hydrogens (tertiary/aromatic N) is 1. The summed E-state index contributed by atoms with van der Waals surface area (Å²) in [7, 11) is -1.27. The minimum absolute atomic E-state index is 0.0110. The first-order chi connectivity index (χ1) is 13.7. The van der Waals surface area contributed by atoms with Crippen LogP contribution in [0.1, 0.15) is 25.5 Å². The van der Waals surface area contributed by atoms with Gasteiger partial charge in [-0.2, -0.15) is 4.31 Å². The van der Waals surface area contributed by atoms with E-state index < -0.39 is 28.3 Å². The lowest BCUT2D eigenvalue weighted by atomic mass is 10.1. The van der Waals surface area contributed by atoms with E-state index in [9.17, 15) is 17.6 Å². The molecule has 0 saturated heterocycles. The molecule has 29 heavy (non-hydrogen) atoms. The molecule has 9 heteroatoms. The molecule has 0 aliphatic heterocycles. The van der Waals surface area contributed by atoms with E-state index >= 15 is 0 Å². The third-order valence-electron chi connectivity index (χ3n) is 4.41. The normalized spacial score (nSPS) is 12.5. The van der Waals surface area contributed by atoms with E-state index in [1.54, 1.807) is 33.1 Å². The number of hydrogen-bond acceptors (Lipinski definition) is 5. The van der Waals surface area contributed by atoms with Crippen molar-refractivity contribution in [2.75, 3.05) is 27.3 Å². The smallest absolute Gasteiger partial charge is 0.247 e. The van der Waals surface area contributed by atoms with Gasteiger partial charge >= 0.3 is 0 Å². The standard InChI is InChI=1S/C20H25FN2O5S/c1-5-23(29(25,26)19-12-16(21)8-11-18(19)28-4)13-20(24)22-14(2)15-6-9-17(27-3)10-7-15/h6-12,14H,5,13H2,1-4H3,(H,22,24)/t14-/m0/s1. The molecule has 1 N–H and O–H groups in total. The van der Waals surface area contributed by atoms with Crippen molar-refractivity contribution in [2.45, 2.75) is 24.8 Å². The molecule has 0 radical (unpaired) electrons. The average molecular weight is 424 g/mol. The van der Waals surface area contributed by atoms with Crippen LogP contribution in [0.4, 0.5) is 4.39 Å². The fourth-order valence-corrected chi connectivity index (χ4v) is 4.35. The Balaban J connectivity index is 2.15. The minimum Gasteiger partial charge on any atom is -0.497 e. The van der Waals surface area contributed by atoms with Crippen LogP contribution in [0.15, 0.2) is 47.4 Å². The number of nitrogens with one attached hydrogen (secondary N) is 1. The summed E-state index contributed by atoms with van der Waals surface area (Å²) in [4.78, 5) is 12.1. The highest BCUT2D eigenvalue weighted by atomic mass is 32.2. The molecule has 1 atom stereocenters. The van der Waals surface area contributed by atoms with Gasteiger partial charge < -0.3 is 14.8 Å². The predicted molar refractivity (Wildman–Crippen MR) is 107 cm³/mol. The lowest BCUT2D eigenvalue weighted by Crippen LogP contribution is -2.41. The van der Waals surface area contributed by atoms with Crippen LogP contribution in [0.3, 0.4) is 0 Å². The van der Waals surface area contributed by atoms with Gasteiger partial charge in [-0.05, 0) is 42.8 Å². The first-order valence-electron chi connectivity index (χ1n) is 9.00. The van der Waals surface area contributed by atoms with Crippen LogP contribution in [0, 0.1) is 5.82 Å². The number of carbonyl (C=O) groups is 1. The van der Waals surface area contributed by atoms with Crippen molar-refractivity contribution < 1.29 is 27.1 Å². The second-order valence-electron chi connectivity index (χ2n) is 6.29. The SMILES string of the molecule is CCN(CC(=O)N[C@@H](C)c1ccc(OC)cc1)S(=O)(=O)c1cc(F)ccc1OC. The van der Waals surface area contributed by atoms with Gasteiger partial charge in [0.25, 0.3) is 0 Å². The maximum absolute atomic E-state index is 13.6. The maximum atomic E-state index is 13.6. The number of benzene rings is 2. The molecule has 0 spiro atoms. The highest BCUT2D eigenvalue weighted by molar-refractivity contribution is 7.89. The molecule has 158 valence electrons. The molecule has 2 aromatic carbocycles. The zero-order chi connectivity index (χ0) is 21.6. The zero-order valence-corrected chi connectivity index (χ0v) is 17.6. The van der Waals surface area contributed by atoms with E-state index in [2.05, 4.69) is 5.32 Å². The first kappa shape index (κ1) is 22.6. The quantitative estimate of drug-likeness (QED) is 0.669. The van der Waals surface area contributed by atoms with Gasteiger partial charge in [0, 0.05) is 6.54 Å². The summed E-state index contributed by atoms with van der Waals surface area (Å²) >= 11 is 0. The fourth-order valence-electron chi connectivity index (χ4n) is 2.78. The van der Waals surface area contributed by atoms with Crippen LogP contribution in [-0.4, -0.2) is 45.9 Å². The zero-order valence-electron chi connectivity index (χ0n) is 16.8. The number of ether oxygens (including phenoxy) is 2. The molecule has 0 heterocycles. The van der Waals surface area contributed by atoms with Crippen LogP contribution in [0.2, 0.25) is 0 Å². The van der Waals surface area contributed by atoms with E-state index in [-0.39, 0.29) is 23.2 Å². The number of methoxy groups -OCH3 is 2. The second-order valence-corrected chi connectivity index (χ2v) is 8.20. The van der Waals surface area contributed by atoms with Crippen LogP contribution in [-0.2, 0) is 14.8 Å². The van der Waals surface area contributed by atoms with Gasteiger partial charge in [0.15, 0.2) is 0 Å². The molecule has 0 fully saturated rings. The third-order valence-corrected chi connectivity index (χ3v) is 6.35. The van der Waals surface area contributed by atoms with E-state index in [0.29, 0.717) is 5.75 Å². The maximum Gasteiger partial charge on any atom is 0.247 e. The third kappa shape index (κ3) is 5.45. The Kier molecular flexibility index (Phi) is 7.58. The van der Waals surface area contributed by atoms with E-state index in [1.807, 2.05) is 12.1 Å². The molecule has 1 amide bonds. The van der Waals surface area contributed by atoms with E-state index in [1.165, 1.54) is 13.2 Å². The Labute approximate surface area is 170 Å². The van der Waals surface area contributed by atoms with E-state index in [4.69, 9.17) is 9.47 Å². The lowest BCUT2D eigenvalue weighted by molar-refractivity contribution is -0.121. The van der Waals surface area contributed by atoms with Crippen LogP contribution < -0.4 is 14.8 Å². The summed E-state index contributed by atoms with van der Waals surface area (Å²) in [5.74, 6) is -0.483. The number of likely N-dealkylation sites (N-methyl/N-ethyl adjacent to an activating group) is 1. The lowest BCUT2D eigenvalue weighted by Gasteiger charge is -2.22. The van der Waals surface area contributed by atoms with Crippen molar-refractivity contribution in [3.63, 3.8) is 0 Å². The van der Waals surface area contributed by atoms with Crippen LogP contribution >= 0.6 is 0 Å². The first-order valence-corrected chi connectivity index (χ1v) is 10.4. The fraction of sp³-hybridized carbons (Fsp3) is 0.350. The molecular formula is C20H25FN2O5S. The van der Waals surface area contributed by atoms with Gasteiger partial charge in [-0.3, -0.25) is 4.79 Å². The Bertz CT molecular complexity index is 948. The molecular weight excluding hydrogens is 399 g/mol. The Morgan fingerprint density at radius 2 is 1.79 bits per heavy atom. The van der Waals surface area contributed by atoms with E-state index in [0.717, 1.165) is 22.0 Å². The van der Waals surface area contributed by atoms with Gasteiger partial charge in [0.2, 0.25) is 15.9 Å². The molecule has 0 aliphatic carbocycles. The summed E-state index contributed by atoms with van der Waals surface area (Å²) in [6.07, 6.45) is 0. The Morgan fingerprint density at radius 1 is 1.14 bits per heavy atom. The molecule has 0 aliphatic rings. The van der Waals surface area contributed by atoms with Gasteiger partial charge in [0.1, 0.15) is 22.2 Å². The molecule has 0 saturated carbocycles. The largest absolute Gasteiger partial charge is 0.497 e. The van der Waals surface area contributed by atoms with Gasteiger partial charge in [-0.1, -0.05) is 19.1 Å². The van der Waals surface area contributed by atoms with Gasteiger partial charge in [-0.25, -0.2) is 12.8 Å². The Hall–Kier alpha value is -2.65. The number of hydrogen-bond donors (Lipinski definition) is 1. The van der Waals surface area contributed by atoms with Crippen molar-refractivity contribution >= 4 is 15.9 Å².